The third-order valence-corrected chi connectivity index (χ3v) is 5.93. The average molecular weight is 341 g/mol. The maximum Gasteiger partial charge on any atom is 0.148 e. The number of rotatable bonds is 1. The number of piperazine rings is 1. The Bertz CT molecular complexity index is 787. The summed E-state index contributed by atoms with van der Waals surface area (Å²) in [5, 5.41) is 3.57. The van der Waals surface area contributed by atoms with Crippen molar-refractivity contribution in [3.63, 3.8) is 0 Å². The molecule has 3 N–H and O–H groups in total. The van der Waals surface area contributed by atoms with Crippen LogP contribution < -0.4 is 11.1 Å². The Morgan fingerprint density at radius 1 is 1.17 bits per heavy atom. The summed E-state index contributed by atoms with van der Waals surface area (Å²) in [7, 11) is 2.18. The van der Waals surface area contributed by atoms with E-state index in [4.69, 9.17) is 10.7 Å². The molecule has 2 aliphatic rings. The monoisotopic (exact) mass is 341 g/mol. The highest BCUT2D eigenvalue weighted by atomic mass is 32.1. The van der Waals surface area contributed by atoms with E-state index in [0.717, 1.165) is 61.2 Å². The van der Waals surface area contributed by atoms with E-state index in [1.54, 1.807) is 0 Å². The highest BCUT2D eigenvalue weighted by Gasteiger charge is 2.26. The number of aryl methyl sites for hydroxylation is 1. The van der Waals surface area contributed by atoms with Crippen LogP contribution in [-0.4, -0.2) is 48.9 Å². The average Bonchev–Trinajstić information content (AvgIpc) is 2.92. The molecule has 24 heavy (non-hydrogen) atoms. The molecule has 0 bridgehead atoms. The van der Waals surface area contributed by atoms with Gasteiger partial charge in [-0.15, -0.1) is 11.3 Å². The topological polar surface area (TPSA) is 56.9 Å². The first-order chi connectivity index (χ1) is 11.6. The lowest BCUT2D eigenvalue weighted by Crippen LogP contribution is -2.47. The molecule has 2 aliphatic heterocycles. The van der Waals surface area contributed by atoms with Gasteiger partial charge in [-0.3, -0.25) is 0 Å². The van der Waals surface area contributed by atoms with Crippen LogP contribution in [0.1, 0.15) is 16.7 Å². The lowest BCUT2D eigenvalue weighted by Gasteiger charge is -2.34. The molecule has 0 unspecified atom stereocenters. The number of hydrogen-bond acceptors (Lipinski definition) is 6. The van der Waals surface area contributed by atoms with Crippen molar-refractivity contribution in [2.75, 3.05) is 44.3 Å². The fraction of sp³-hybridized carbons (Fsp3) is 0.389. The third-order valence-electron chi connectivity index (χ3n) is 4.65. The molecule has 2 aromatic rings. The van der Waals surface area contributed by atoms with Crippen LogP contribution in [0, 0.1) is 0 Å². The van der Waals surface area contributed by atoms with Crippen molar-refractivity contribution in [2.45, 2.75) is 13.3 Å². The third kappa shape index (κ3) is 2.76. The maximum absolute atomic E-state index is 5.99. The summed E-state index contributed by atoms with van der Waals surface area (Å²) < 4.78 is 0. The minimum atomic E-state index is 0.747. The highest BCUT2D eigenvalue weighted by Crippen LogP contribution is 2.39. The number of nitrogen functional groups attached to an aromatic ring is 1. The Kier molecular flexibility index (Phi) is 3.94. The maximum atomic E-state index is 5.99. The van der Waals surface area contributed by atoms with Crippen molar-refractivity contribution in [2.24, 2.45) is 4.99 Å². The molecular weight excluding hydrogens is 318 g/mol. The number of hydrogen-bond donors (Lipinski definition) is 2. The molecule has 5 nitrogen and oxygen atoms in total. The second kappa shape index (κ2) is 6.11. The number of benzene rings is 1. The first kappa shape index (κ1) is 15.5. The van der Waals surface area contributed by atoms with Crippen LogP contribution in [0.5, 0.6) is 0 Å². The van der Waals surface area contributed by atoms with Crippen molar-refractivity contribution in [3.05, 3.63) is 34.0 Å². The molecule has 6 heteroatoms. The number of likely N-dealkylation sites (N-methyl/N-ethyl adjacent to an activating group) is 1. The predicted molar refractivity (Wildman–Crippen MR) is 103 cm³/mol. The Morgan fingerprint density at radius 3 is 2.71 bits per heavy atom. The van der Waals surface area contributed by atoms with E-state index in [1.165, 1.54) is 9.75 Å². The number of thiophene rings is 1. The summed E-state index contributed by atoms with van der Waals surface area (Å²) in [5.41, 5.74) is 9.84. The van der Waals surface area contributed by atoms with Crippen molar-refractivity contribution in [1.29, 1.82) is 0 Å². The molecule has 1 aromatic heterocycles. The Balaban J connectivity index is 1.82. The van der Waals surface area contributed by atoms with Crippen molar-refractivity contribution < 1.29 is 0 Å². The van der Waals surface area contributed by atoms with Crippen LogP contribution in [0.2, 0.25) is 0 Å². The summed E-state index contributed by atoms with van der Waals surface area (Å²) >= 11 is 1.85. The van der Waals surface area contributed by atoms with Crippen LogP contribution >= 0.6 is 11.3 Å². The summed E-state index contributed by atoms with van der Waals surface area (Å²) in [5.74, 6) is 1.08. The summed E-state index contributed by atoms with van der Waals surface area (Å²) in [6, 6.07) is 8.16. The number of nitrogens with zero attached hydrogens (tertiary/aromatic N) is 3. The van der Waals surface area contributed by atoms with Gasteiger partial charge in [0.05, 0.1) is 21.9 Å². The van der Waals surface area contributed by atoms with E-state index in [0.29, 0.717) is 0 Å². The van der Waals surface area contributed by atoms with Gasteiger partial charge in [-0.05, 0) is 37.7 Å². The molecule has 1 fully saturated rings. The molecular formula is C18H23N5S. The molecule has 0 aliphatic carbocycles. The molecule has 0 saturated carbocycles. The second-order valence-electron chi connectivity index (χ2n) is 6.44. The first-order valence-electron chi connectivity index (χ1n) is 8.46. The van der Waals surface area contributed by atoms with E-state index in [9.17, 15) is 0 Å². The van der Waals surface area contributed by atoms with Crippen molar-refractivity contribution >= 4 is 39.9 Å². The minimum absolute atomic E-state index is 0.747. The first-order valence-corrected chi connectivity index (χ1v) is 9.27. The van der Waals surface area contributed by atoms with Gasteiger partial charge in [0.2, 0.25) is 0 Å². The fourth-order valence-electron chi connectivity index (χ4n) is 3.16. The summed E-state index contributed by atoms with van der Waals surface area (Å²) in [6.45, 7) is 6.35. The molecule has 126 valence electrons. The number of aliphatic imine (C=N–C) groups is 1. The normalized spacial score (nSPS) is 17.6. The van der Waals surface area contributed by atoms with E-state index in [-0.39, 0.29) is 0 Å². The van der Waals surface area contributed by atoms with Gasteiger partial charge in [-0.2, -0.15) is 0 Å². The molecule has 0 spiro atoms. The number of amidine groups is 1. The van der Waals surface area contributed by atoms with E-state index >= 15 is 0 Å². The van der Waals surface area contributed by atoms with Crippen LogP contribution in [-0.2, 0) is 6.42 Å². The van der Waals surface area contributed by atoms with Gasteiger partial charge in [0.25, 0.3) is 0 Å². The van der Waals surface area contributed by atoms with Gasteiger partial charge in [-0.25, -0.2) is 4.99 Å². The molecule has 0 amide bonds. The Labute approximate surface area is 146 Å². The van der Waals surface area contributed by atoms with Crippen LogP contribution in [0.3, 0.4) is 0 Å². The highest BCUT2D eigenvalue weighted by molar-refractivity contribution is 7.14. The van der Waals surface area contributed by atoms with Gasteiger partial charge in [0.15, 0.2) is 0 Å². The predicted octanol–water partition coefficient (Wildman–Crippen LogP) is 3.28. The Hall–Kier alpha value is -2.05. The number of nitrogens with one attached hydrogen (secondary N) is 1. The van der Waals surface area contributed by atoms with Crippen LogP contribution in [0.4, 0.5) is 22.7 Å². The standard InChI is InChI=1S/C18H23N5S/c1-3-13-11-16-17(24-13)18(23-8-6-22(2)7-9-23)21-15-10-12(19)4-5-14(15)20-16/h4-5,10-11,20H,3,6-9,19H2,1-2H3. The van der Waals surface area contributed by atoms with E-state index in [2.05, 4.69) is 35.2 Å². The minimum Gasteiger partial charge on any atom is -0.399 e. The van der Waals surface area contributed by atoms with Gasteiger partial charge in [-0.1, -0.05) is 6.92 Å². The molecule has 1 saturated heterocycles. The van der Waals surface area contributed by atoms with Crippen LogP contribution in [0.25, 0.3) is 0 Å². The summed E-state index contributed by atoms with van der Waals surface area (Å²) in [4.78, 5) is 12.4. The lowest BCUT2D eigenvalue weighted by atomic mass is 10.2. The smallest absolute Gasteiger partial charge is 0.148 e. The lowest BCUT2D eigenvalue weighted by molar-refractivity contribution is 0.216. The van der Waals surface area contributed by atoms with Crippen LogP contribution in [0.15, 0.2) is 29.3 Å². The van der Waals surface area contributed by atoms with Gasteiger partial charge in [0, 0.05) is 36.7 Å². The largest absolute Gasteiger partial charge is 0.399 e. The molecule has 3 heterocycles. The van der Waals surface area contributed by atoms with Crippen molar-refractivity contribution in [3.8, 4) is 0 Å². The number of anilines is 3. The molecule has 0 radical (unpaired) electrons. The molecule has 1 aromatic carbocycles. The van der Waals surface area contributed by atoms with Gasteiger partial charge >= 0.3 is 0 Å². The fourth-order valence-corrected chi connectivity index (χ4v) is 4.23. The summed E-state index contributed by atoms with van der Waals surface area (Å²) in [6.07, 6.45) is 1.05. The number of fused-ring (bicyclic) bond motifs is 2. The zero-order valence-corrected chi connectivity index (χ0v) is 15.0. The van der Waals surface area contributed by atoms with E-state index in [1.807, 2.05) is 29.5 Å². The molecule has 0 atom stereocenters. The zero-order chi connectivity index (χ0) is 16.7. The van der Waals surface area contributed by atoms with Gasteiger partial charge in [0.1, 0.15) is 5.84 Å². The zero-order valence-electron chi connectivity index (χ0n) is 14.2. The SMILES string of the molecule is CCc1cc2c(s1)C(N1CCN(C)CC1)=Nc1cc(N)ccc1N2. The number of nitrogens with two attached hydrogens (primary N) is 1. The quantitative estimate of drug-likeness (QED) is 0.782. The Morgan fingerprint density at radius 2 is 1.96 bits per heavy atom. The molecule has 4 rings (SSSR count). The van der Waals surface area contributed by atoms with E-state index < -0.39 is 0 Å². The second-order valence-corrected chi connectivity index (χ2v) is 7.57. The van der Waals surface area contributed by atoms with Gasteiger partial charge < -0.3 is 20.9 Å². The van der Waals surface area contributed by atoms with Crippen molar-refractivity contribution in [1.82, 2.24) is 9.80 Å².